The summed E-state index contributed by atoms with van der Waals surface area (Å²) in [7, 11) is 0. The van der Waals surface area contributed by atoms with E-state index in [0.29, 0.717) is 12.1 Å². The second-order valence-corrected chi connectivity index (χ2v) is 4.69. The fourth-order valence-corrected chi connectivity index (χ4v) is 1.94. The van der Waals surface area contributed by atoms with Crippen molar-refractivity contribution in [1.82, 2.24) is 10.3 Å². The lowest BCUT2D eigenvalue weighted by Crippen LogP contribution is -2.36. The molecular formula is C14H24N2. The summed E-state index contributed by atoms with van der Waals surface area (Å²) < 4.78 is 0. The lowest BCUT2D eigenvalue weighted by molar-refractivity contribution is 0.422. The van der Waals surface area contributed by atoms with Gasteiger partial charge in [-0.1, -0.05) is 39.7 Å². The van der Waals surface area contributed by atoms with Crippen molar-refractivity contribution in [1.29, 1.82) is 0 Å². The molecule has 16 heavy (non-hydrogen) atoms. The highest BCUT2D eigenvalue weighted by atomic mass is 14.9. The molecule has 1 aromatic rings. The van der Waals surface area contributed by atoms with E-state index in [1.54, 1.807) is 0 Å². The molecule has 0 spiro atoms. The maximum Gasteiger partial charge on any atom is 0.0419 e. The zero-order valence-electron chi connectivity index (χ0n) is 10.7. The number of nitrogens with zero attached hydrogens (tertiary/aromatic N) is 1. The van der Waals surface area contributed by atoms with E-state index in [-0.39, 0.29) is 0 Å². The lowest BCUT2D eigenvalue weighted by atomic mass is 10.0. The van der Waals surface area contributed by atoms with E-state index in [1.165, 1.54) is 25.0 Å². The standard InChI is InChI=1S/C14H24N2/c1-4-5-8-14(16-12(2)3)11-13-9-6-7-10-15-13/h6-7,9-10,12,14,16H,4-5,8,11H2,1-3H3. The highest BCUT2D eigenvalue weighted by molar-refractivity contribution is 5.05. The molecule has 0 bridgehead atoms. The molecular weight excluding hydrogens is 196 g/mol. The minimum Gasteiger partial charge on any atom is -0.311 e. The Bertz CT molecular complexity index is 269. The molecule has 0 aromatic carbocycles. The van der Waals surface area contributed by atoms with E-state index in [1.807, 2.05) is 12.3 Å². The molecule has 0 amide bonds. The van der Waals surface area contributed by atoms with E-state index in [4.69, 9.17) is 0 Å². The Labute approximate surface area is 99.5 Å². The average molecular weight is 220 g/mol. The predicted molar refractivity (Wildman–Crippen MR) is 69.5 cm³/mol. The molecule has 0 radical (unpaired) electrons. The van der Waals surface area contributed by atoms with Crippen molar-refractivity contribution in [3.8, 4) is 0 Å². The molecule has 90 valence electrons. The molecule has 1 rings (SSSR count). The summed E-state index contributed by atoms with van der Waals surface area (Å²) in [4.78, 5) is 4.39. The zero-order chi connectivity index (χ0) is 11.8. The number of rotatable bonds is 7. The smallest absolute Gasteiger partial charge is 0.0419 e. The molecule has 0 aliphatic carbocycles. The van der Waals surface area contributed by atoms with Gasteiger partial charge in [-0.2, -0.15) is 0 Å². The van der Waals surface area contributed by atoms with Crippen LogP contribution in [0.5, 0.6) is 0 Å². The van der Waals surface area contributed by atoms with Crippen LogP contribution < -0.4 is 5.32 Å². The average Bonchev–Trinajstić information content (AvgIpc) is 2.26. The van der Waals surface area contributed by atoms with Crippen LogP contribution in [0, 0.1) is 0 Å². The number of aromatic nitrogens is 1. The van der Waals surface area contributed by atoms with Crippen LogP contribution in [0.15, 0.2) is 24.4 Å². The largest absolute Gasteiger partial charge is 0.311 e. The van der Waals surface area contributed by atoms with Crippen molar-refractivity contribution in [3.63, 3.8) is 0 Å². The topological polar surface area (TPSA) is 24.9 Å². The van der Waals surface area contributed by atoms with Crippen LogP contribution in [0.2, 0.25) is 0 Å². The van der Waals surface area contributed by atoms with E-state index in [0.717, 1.165) is 6.42 Å². The minimum atomic E-state index is 0.547. The molecule has 1 N–H and O–H groups in total. The summed E-state index contributed by atoms with van der Waals surface area (Å²) >= 11 is 0. The van der Waals surface area contributed by atoms with E-state index < -0.39 is 0 Å². The summed E-state index contributed by atoms with van der Waals surface area (Å²) in [5, 5.41) is 3.62. The number of nitrogens with one attached hydrogen (secondary N) is 1. The molecule has 1 aromatic heterocycles. The summed E-state index contributed by atoms with van der Waals surface area (Å²) in [6.45, 7) is 6.65. The first-order valence-electron chi connectivity index (χ1n) is 6.38. The van der Waals surface area contributed by atoms with Crippen LogP contribution in [0.3, 0.4) is 0 Å². The van der Waals surface area contributed by atoms with Crippen molar-refractivity contribution in [3.05, 3.63) is 30.1 Å². The van der Waals surface area contributed by atoms with Gasteiger partial charge in [0.05, 0.1) is 0 Å². The Balaban J connectivity index is 2.49. The highest BCUT2D eigenvalue weighted by Crippen LogP contribution is 2.07. The van der Waals surface area contributed by atoms with Crippen molar-refractivity contribution in [2.45, 2.75) is 58.5 Å². The van der Waals surface area contributed by atoms with Gasteiger partial charge in [-0.3, -0.25) is 4.98 Å². The van der Waals surface area contributed by atoms with Crippen molar-refractivity contribution in [2.24, 2.45) is 0 Å². The Morgan fingerprint density at radius 2 is 2.12 bits per heavy atom. The van der Waals surface area contributed by atoms with Crippen LogP contribution in [0.25, 0.3) is 0 Å². The molecule has 1 unspecified atom stereocenters. The Hall–Kier alpha value is -0.890. The first-order valence-corrected chi connectivity index (χ1v) is 6.38. The molecule has 1 atom stereocenters. The molecule has 2 heteroatoms. The third-order valence-corrected chi connectivity index (χ3v) is 2.66. The molecule has 0 saturated carbocycles. The van der Waals surface area contributed by atoms with E-state index in [2.05, 4.69) is 43.2 Å². The van der Waals surface area contributed by atoms with Crippen molar-refractivity contribution < 1.29 is 0 Å². The van der Waals surface area contributed by atoms with Gasteiger partial charge in [-0.15, -0.1) is 0 Å². The molecule has 0 saturated heterocycles. The molecule has 0 fully saturated rings. The summed E-state index contributed by atoms with van der Waals surface area (Å²) in [6.07, 6.45) is 6.71. The highest BCUT2D eigenvalue weighted by Gasteiger charge is 2.10. The van der Waals surface area contributed by atoms with Crippen LogP contribution in [-0.2, 0) is 6.42 Å². The lowest BCUT2D eigenvalue weighted by Gasteiger charge is -2.20. The number of pyridine rings is 1. The minimum absolute atomic E-state index is 0.547. The first-order chi connectivity index (χ1) is 7.72. The van der Waals surface area contributed by atoms with Gasteiger partial charge >= 0.3 is 0 Å². The molecule has 1 heterocycles. The van der Waals surface area contributed by atoms with Gasteiger partial charge in [-0.05, 0) is 18.6 Å². The first kappa shape index (κ1) is 13.2. The SMILES string of the molecule is CCCCC(Cc1ccccn1)NC(C)C. The molecule has 0 aliphatic heterocycles. The quantitative estimate of drug-likeness (QED) is 0.763. The van der Waals surface area contributed by atoms with Crippen molar-refractivity contribution in [2.75, 3.05) is 0 Å². The maximum absolute atomic E-state index is 4.39. The fraction of sp³-hybridized carbons (Fsp3) is 0.643. The Morgan fingerprint density at radius 3 is 2.69 bits per heavy atom. The number of hydrogen-bond acceptors (Lipinski definition) is 2. The van der Waals surface area contributed by atoms with Crippen LogP contribution in [-0.4, -0.2) is 17.1 Å². The van der Waals surface area contributed by atoms with Gasteiger partial charge in [0.1, 0.15) is 0 Å². The Kier molecular flexibility index (Phi) is 6.09. The number of hydrogen-bond donors (Lipinski definition) is 1. The van der Waals surface area contributed by atoms with Gasteiger partial charge in [-0.25, -0.2) is 0 Å². The van der Waals surface area contributed by atoms with Gasteiger partial charge in [0.2, 0.25) is 0 Å². The van der Waals surface area contributed by atoms with Gasteiger partial charge in [0.25, 0.3) is 0 Å². The molecule has 0 aliphatic rings. The van der Waals surface area contributed by atoms with Gasteiger partial charge in [0.15, 0.2) is 0 Å². The van der Waals surface area contributed by atoms with E-state index in [9.17, 15) is 0 Å². The molecule has 2 nitrogen and oxygen atoms in total. The second-order valence-electron chi connectivity index (χ2n) is 4.69. The van der Waals surface area contributed by atoms with Gasteiger partial charge in [0, 0.05) is 30.4 Å². The maximum atomic E-state index is 4.39. The summed E-state index contributed by atoms with van der Waals surface area (Å²) in [5.74, 6) is 0. The van der Waals surface area contributed by atoms with E-state index >= 15 is 0 Å². The van der Waals surface area contributed by atoms with Gasteiger partial charge < -0.3 is 5.32 Å². The third-order valence-electron chi connectivity index (χ3n) is 2.66. The fourth-order valence-electron chi connectivity index (χ4n) is 1.94. The van der Waals surface area contributed by atoms with Crippen LogP contribution in [0.4, 0.5) is 0 Å². The number of unbranched alkanes of at least 4 members (excludes halogenated alkanes) is 1. The summed E-state index contributed by atoms with van der Waals surface area (Å²) in [5.41, 5.74) is 1.19. The summed E-state index contributed by atoms with van der Waals surface area (Å²) in [6, 6.07) is 7.26. The predicted octanol–water partition coefficient (Wildman–Crippen LogP) is 3.18. The third kappa shape index (κ3) is 5.26. The second kappa shape index (κ2) is 7.39. The van der Waals surface area contributed by atoms with Crippen LogP contribution >= 0.6 is 0 Å². The van der Waals surface area contributed by atoms with Crippen molar-refractivity contribution >= 4 is 0 Å². The van der Waals surface area contributed by atoms with Crippen LogP contribution in [0.1, 0.15) is 45.7 Å². The zero-order valence-corrected chi connectivity index (χ0v) is 10.7. The monoisotopic (exact) mass is 220 g/mol. The Morgan fingerprint density at radius 1 is 1.31 bits per heavy atom. The normalized spacial score (nSPS) is 13.0.